The highest BCUT2D eigenvalue weighted by molar-refractivity contribution is 6.74. The zero-order chi connectivity index (χ0) is 26.8. The van der Waals surface area contributed by atoms with E-state index in [9.17, 15) is 9.59 Å². The lowest BCUT2D eigenvalue weighted by Crippen LogP contribution is -2.44. The Hall–Kier alpha value is -2.80. The van der Waals surface area contributed by atoms with Gasteiger partial charge in [-0.1, -0.05) is 39.0 Å². The molecule has 1 atom stereocenters. The van der Waals surface area contributed by atoms with E-state index in [-0.39, 0.29) is 23.1 Å². The third-order valence-corrected chi connectivity index (χ3v) is 11.2. The zero-order valence-corrected chi connectivity index (χ0v) is 23.9. The number of hydrogen-bond donors (Lipinski definition) is 0. The van der Waals surface area contributed by atoms with E-state index in [0.717, 1.165) is 37.9 Å². The Morgan fingerprint density at radius 2 is 1.56 bits per heavy atom. The van der Waals surface area contributed by atoms with Crippen molar-refractivity contribution >= 4 is 20.3 Å². The number of rotatable bonds is 13. The van der Waals surface area contributed by atoms with Gasteiger partial charge < -0.3 is 18.6 Å². The number of hydrogen-bond acceptors (Lipinski definition) is 6. The van der Waals surface area contributed by atoms with Crippen LogP contribution in [-0.4, -0.2) is 40.6 Å². The van der Waals surface area contributed by atoms with Crippen molar-refractivity contribution in [1.82, 2.24) is 0 Å². The molecule has 0 aliphatic rings. The molecule has 6 nitrogen and oxygen atoms in total. The predicted octanol–water partition coefficient (Wildman–Crippen LogP) is 6.97. The first kappa shape index (κ1) is 29.4. The van der Waals surface area contributed by atoms with Crippen LogP contribution in [-0.2, 0) is 20.7 Å². The molecule has 0 radical (unpaired) electrons. The summed E-state index contributed by atoms with van der Waals surface area (Å²) in [5, 5.41) is 0.113. The van der Waals surface area contributed by atoms with Gasteiger partial charge in [0.05, 0.1) is 25.9 Å². The largest absolute Gasteiger partial charge is 0.543 e. The first-order chi connectivity index (χ1) is 17.0. The van der Waals surface area contributed by atoms with Crippen LogP contribution in [0.15, 0.2) is 48.5 Å². The lowest BCUT2D eigenvalue weighted by atomic mass is 10.0. The van der Waals surface area contributed by atoms with Crippen LogP contribution in [0.25, 0.3) is 0 Å². The maximum atomic E-state index is 11.7. The molecule has 0 aliphatic heterocycles. The summed E-state index contributed by atoms with van der Waals surface area (Å²) < 4.78 is 22.5. The molecule has 0 heterocycles. The average Bonchev–Trinajstić information content (AvgIpc) is 2.84. The summed E-state index contributed by atoms with van der Waals surface area (Å²) in [6, 6.07) is 15.3. The van der Waals surface area contributed by atoms with Gasteiger partial charge in [-0.25, -0.2) is 4.79 Å². The molecule has 7 heteroatoms. The Morgan fingerprint density at radius 3 is 2.17 bits per heavy atom. The molecule has 2 rings (SSSR count). The summed E-state index contributed by atoms with van der Waals surface area (Å²) in [4.78, 5) is 23.2. The number of esters is 2. The monoisotopic (exact) mass is 514 g/mol. The van der Waals surface area contributed by atoms with Crippen LogP contribution in [0.4, 0.5) is 0 Å². The van der Waals surface area contributed by atoms with Gasteiger partial charge in [-0.15, -0.1) is 0 Å². The van der Waals surface area contributed by atoms with Gasteiger partial charge >= 0.3 is 11.9 Å². The van der Waals surface area contributed by atoms with Crippen molar-refractivity contribution < 1.29 is 28.2 Å². The van der Waals surface area contributed by atoms with E-state index in [1.807, 2.05) is 12.1 Å². The number of carbonyl (C=O) groups is 2. The molecule has 0 spiro atoms. The summed E-state index contributed by atoms with van der Waals surface area (Å²) in [6.07, 6.45) is 4.37. The second kappa shape index (κ2) is 13.5. The average molecular weight is 515 g/mol. The van der Waals surface area contributed by atoms with Crippen LogP contribution >= 0.6 is 0 Å². The SMILES string of the molecule is COC(=O)CCCCC(CCc1ccccc1O[Si](C)(C)C(C)(C)C)Oc1ccc(C(=O)OC)cc1. The number of aryl methyl sites for hydroxylation is 1. The molecule has 1 unspecified atom stereocenters. The van der Waals surface area contributed by atoms with Crippen molar-refractivity contribution in [3.05, 3.63) is 59.7 Å². The van der Waals surface area contributed by atoms with E-state index in [4.69, 9.17) is 18.6 Å². The minimum Gasteiger partial charge on any atom is -0.543 e. The molecule has 0 fully saturated rings. The van der Waals surface area contributed by atoms with Crippen LogP contribution < -0.4 is 9.16 Å². The van der Waals surface area contributed by atoms with Gasteiger partial charge in [0.1, 0.15) is 11.5 Å². The number of ether oxygens (including phenoxy) is 3. The third-order valence-electron chi connectivity index (χ3n) is 6.84. The maximum absolute atomic E-state index is 11.7. The minimum absolute atomic E-state index is 0.0486. The Labute approximate surface area is 217 Å². The number of unbranched alkanes of at least 4 members (excludes halogenated alkanes) is 1. The Kier molecular flexibility index (Phi) is 11.0. The minimum atomic E-state index is -1.97. The summed E-state index contributed by atoms with van der Waals surface area (Å²) in [5.41, 5.74) is 1.66. The highest BCUT2D eigenvalue weighted by Crippen LogP contribution is 2.38. The van der Waals surface area contributed by atoms with Gasteiger partial charge in [0, 0.05) is 6.42 Å². The maximum Gasteiger partial charge on any atom is 0.337 e. The Morgan fingerprint density at radius 1 is 0.889 bits per heavy atom. The number of carbonyl (C=O) groups excluding carboxylic acids is 2. The molecule has 0 N–H and O–H groups in total. The van der Waals surface area contributed by atoms with Crippen molar-refractivity contribution in [1.29, 1.82) is 0 Å². The van der Waals surface area contributed by atoms with Gasteiger partial charge in [-0.3, -0.25) is 4.79 Å². The van der Waals surface area contributed by atoms with E-state index in [1.54, 1.807) is 24.3 Å². The van der Waals surface area contributed by atoms with Crippen molar-refractivity contribution in [3.63, 3.8) is 0 Å². The van der Waals surface area contributed by atoms with Crippen molar-refractivity contribution in [3.8, 4) is 11.5 Å². The van der Waals surface area contributed by atoms with Crippen LogP contribution in [0.5, 0.6) is 11.5 Å². The molecular formula is C29H42O6Si. The fourth-order valence-corrected chi connectivity index (χ4v) is 4.59. The van der Waals surface area contributed by atoms with Gasteiger partial charge in [-0.2, -0.15) is 0 Å². The van der Waals surface area contributed by atoms with Crippen LogP contribution in [0.1, 0.15) is 68.8 Å². The molecule has 0 aromatic heterocycles. The fraction of sp³-hybridized carbons (Fsp3) is 0.517. The topological polar surface area (TPSA) is 71.1 Å². The van der Waals surface area contributed by atoms with Crippen molar-refractivity contribution in [2.24, 2.45) is 0 Å². The summed E-state index contributed by atoms with van der Waals surface area (Å²) in [7, 11) is 0.812. The molecule has 36 heavy (non-hydrogen) atoms. The Bertz CT molecular complexity index is 978. The Balaban J connectivity index is 2.12. The van der Waals surface area contributed by atoms with Gasteiger partial charge in [0.25, 0.3) is 0 Å². The lowest BCUT2D eigenvalue weighted by molar-refractivity contribution is -0.140. The second-order valence-corrected chi connectivity index (χ2v) is 15.3. The van der Waals surface area contributed by atoms with E-state index >= 15 is 0 Å². The molecule has 0 amide bonds. The second-order valence-electron chi connectivity index (χ2n) is 10.6. The normalized spacial score (nSPS) is 12.5. The highest BCUT2D eigenvalue weighted by atomic mass is 28.4. The molecule has 0 bridgehead atoms. The highest BCUT2D eigenvalue weighted by Gasteiger charge is 2.39. The molecular weight excluding hydrogens is 472 g/mol. The van der Waals surface area contributed by atoms with Gasteiger partial charge in [0.2, 0.25) is 8.32 Å². The number of benzene rings is 2. The molecule has 2 aromatic carbocycles. The first-order valence-corrected chi connectivity index (χ1v) is 15.6. The smallest absolute Gasteiger partial charge is 0.337 e. The van der Waals surface area contributed by atoms with Crippen LogP contribution in [0, 0.1) is 0 Å². The predicted molar refractivity (Wildman–Crippen MR) is 145 cm³/mol. The summed E-state index contributed by atoms with van der Waals surface area (Å²) in [6.45, 7) is 11.2. The standard InChI is InChI=1S/C29H42O6Si/c1-29(2,3)36(6,7)35-26-14-10-8-12-22(26)16-19-24(13-9-11-15-27(30)32-4)34-25-20-17-23(18-21-25)28(31)33-5/h8,10,12,14,17-18,20-21,24H,9,11,13,15-16,19H2,1-7H3. The fourth-order valence-electron chi connectivity index (χ4n) is 3.54. The van der Waals surface area contributed by atoms with Crippen molar-refractivity contribution in [2.45, 2.75) is 83.5 Å². The van der Waals surface area contributed by atoms with E-state index in [0.29, 0.717) is 17.7 Å². The van der Waals surface area contributed by atoms with Crippen LogP contribution in [0.3, 0.4) is 0 Å². The molecule has 2 aromatic rings. The molecule has 0 saturated heterocycles. The van der Waals surface area contributed by atoms with Crippen LogP contribution in [0.2, 0.25) is 18.1 Å². The summed E-state index contributed by atoms with van der Waals surface area (Å²) >= 11 is 0. The third kappa shape index (κ3) is 9.01. The van der Waals surface area contributed by atoms with E-state index < -0.39 is 8.32 Å². The number of methoxy groups -OCH3 is 2. The van der Waals surface area contributed by atoms with Gasteiger partial charge in [-0.05, 0) is 86.1 Å². The lowest BCUT2D eigenvalue weighted by Gasteiger charge is -2.37. The quantitative estimate of drug-likeness (QED) is 0.163. The zero-order valence-electron chi connectivity index (χ0n) is 22.9. The first-order valence-electron chi connectivity index (χ1n) is 12.7. The molecule has 198 valence electrons. The summed E-state index contributed by atoms with van der Waals surface area (Å²) in [5.74, 6) is 1.09. The van der Waals surface area contributed by atoms with Gasteiger partial charge in [0.15, 0.2) is 0 Å². The molecule has 0 aliphatic carbocycles. The van der Waals surface area contributed by atoms with E-state index in [2.05, 4.69) is 46.0 Å². The van der Waals surface area contributed by atoms with Crippen molar-refractivity contribution in [2.75, 3.05) is 14.2 Å². The van der Waals surface area contributed by atoms with E-state index in [1.165, 1.54) is 19.8 Å². The molecule has 0 saturated carbocycles. The number of para-hydroxylation sites is 1.